The lowest BCUT2D eigenvalue weighted by Gasteiger charge is -2.17. The Morgan fingerprint density at radius 3 is 2.13 bits per heavy atom. The summed E-state index contributed by atoms with van der Waals surface area (Å²) in [5.74, 6) is -0.658. The SMILES string of the molecule is CC1(C)C([C]=O)C1([C]=O)OCC(Cl)(Cl)Cl. The molecule has 0 heterocycles. The number of rotatable bonds is 4. The van der Waals surface area contributed by atoms with Crippen molar-refractivity contribution in [2.24, 2.45) is 11.3 Å². The third-order valence-corrected chi connectivity index (χ3v) is 3.06. The first-order valence-corrected chi connectivity index (χ1v) is 5.32. The Kier molecular flexibility index (Phi) is 3.42. The van der Waals surface area contributed by atoms with E-state index >= 15 is 0 Å². The summed E-state index contributed by atoms with van der Waals surface area (Å²) in [6, 6.07) is 0. The largest absolute Gasteiger partial charge is 0.361 e. The van der Waals surface area contributed by atoms with Gasteiger partial charge in [-0.1, -0.05) is 48.7 Å². The second-order valence-electron chi connectivity index (χ2n) is 4.01. The molecule has 0 aliphatic heterocycles. The zero-order valence-corrected chi connectivity index (χ0v) is 10.4. The molecule has 15 heavy (non-hydrogen) atoms. The zero-order chi connectivity index (χ0) is 11.9. The summed E-state index contributed by atoms with van der Waals surface area (Å²) >= 11 is 16.5. The van der Waals surface area contributed by atoms with Crippen molar-refractivity contribution in [1.82, 2.24) is 0 Å². The van der Waals surface area contributed by atoms with Gasteiger partial charge < -0.3 is 4.74 Å². The van der Waals surface area contributed by atoms with Crippen LogP contribution in [0.3, 0.4) is 0 Å². The van der Waals surface area contributed by atoms with Crippen LogP contribution in [0.25, 0.3) is 0 Å². The summed E-state index contributed by atoms with van der Waals surface area (Å²) in [5.41, 5.74) is -1.97. The molecule has 0 saturated heterocycles. The quantitative estimate of drug-likeness (QED) is 0.735. The maximum absolute atomic E-state index is 10.8. The predicted octanol–water partition coefficient (Wildman–Crippen LogP) is 1.99. The molecule has 1 aliphatic rings. The molecule has 0 aromatic carbocycles. The molecule has 1 aliphatic carbocycles. The van der Waals surface area contributed by atoms with Gasteiger partial charge in [0, 0.05) is 5.41 Å². The fourth-order valence-electron chi connectivity index (χ4n) is 1.64. The summed E-state index contributed by atoms with van der Waals surface area (Å²) in [6.07, 6.45) is 3.45. The van der Waals surface area contributed by atoms with Gasteiger partial charge in [0.15, 0.2) is 5.60 Å². The number of carbonyl (C=O) groups excluding carboxylic acids is 2. The highest BCUT2D eigenvalue weighted by Crippen LogP contribution is 2.62. The number of hydrogen-bond donors (Lipinski definition) is 0. The Balaban J connectivity index is 2.74. The monoisotopic (exact) mass is 270 g/mol. The zero-order valence-electron chi connectivity index (χ0n) is 8.14. The molecule has 0 aromatic heterocycles. The molecule has 3 nitrogen and oxygen atoms in total. The van der Waals surface area contributed by atoms with E-state index < -0.39 is 20.7 Å². The van der Waals surface area contributed by atoms with Crippen LogP contribution in [0, 0.1) is 11.3 Å². The smallest absolute Gasteiger partial charge is 0.234 e. The Bertz CT molecular complexity index is 285. The van der Waals surface area contributed by atoms with Gasteiger partial charge in [-0.05, 0) is 0 Å². The molecule has 6 heteroatoms. The Hall–Kier alpha value is 0.170. The molecule has 0 N–H and O–H groups in total. The fraction of sp³-hybridized carbons (Fsp3) is 0.778. The van der Waals surface area contributed by atoms with Crippen LogP contribution >= 0.6 is 34.8 Å². The standard InChI is InChI=1S/C9H9Cl3O3/c1-7(2)6(3-13)8(7,4-14)15-5-9(10,11)12/h6H,5H2,1-2H3. The van der Waals surface area contributed by atoms with Crippen molar-refractivity contribution in [2.75, 3.05) is 6.61 Å². The minimum absolute atomic E-state index is 0.269. The van der Waals surface area contributed by atoms with Gasteiger partial charge in [0.05, 0.1) is 12.5 Å². The molecule has 1 saturated carbocycles. The highest BCUT2D eigenvalue weighted by atomic mass is 35.6. The second-order valence-corrected chi connectivity index (χ2v) is 6.53. The van der Waals surface area contributed by atoms with Crippen molar-refractivity contribution in [3.8, 4) is 0 Å². The Morgan fingerprint density at radius 2 is 1.87 bits per heavy atom. The fourth-order valence-corrected chi connectivity index (χ4v) is 1.80. The average Bonchev–Trinajstić information content (AvgIpc) is 2.57. The van der Waals surface area contributed by atoms with Gasteiger partial charge in [-0.25, -0.2) is 0 Å². The first-order valence-electron chi connectivity index (χ1n) is 4.19. The van der Waals surface area contributed by atoms with Gasteiger partial charge in [0.25, 0.3) is 0 Å². The minimum Gasteiger partial charge on any atom is -0.361 e. The van der Waals surface area contributed by atoms with Crippen LogP contribution in [-0.2, 0) is 14.3 Å². The molecule has 0 bridgehead atoms. The van der Waals surface area contributed by atoms with E-state index in [0.29, 0.717) is 0 Å². The summed E-state index contributed by atoms with van der Waals surface area (Å²) in [7, 11) is 0. The van der Waals surface area contributed by atoms with Crippen LogP contribution in [0.4, 0.5) is 0 Å². The summed E-state index contributed by atoms with van der Waals surface area (Å²) < 4.78 is 3.58. The molecule has 2 unspecified atom stereocenters. The lowest BCUT2D eigenvalue weighted by Crippen LogP contribution is -2.29. The van der Waals surface area contributed by atoms with E-state index in [1.807, 2.05) is 0 Å². The van der Waals surface area contributed by atoms with E-state index in [4.69, 9.17) is 39.5 Å². The average molecular weight is 272 g/mol. The van der Waals surface area contributed by atoms with Crippen molar-refractivity contribution in [1.29, 1.82) is 0 Å². The summed E-state index contributed by atoms with van der Waals surface area (Å²) in [4.78, 5) is 21.4. The van der Waals surface area contributed by atoms with Crippen molar-refractivity contribution in [3.05, 3.63) is 0 Å². The molecule has 1 rings (SSSR count). The first-order chi connectivity index (χ1) is 6.71. The summed E-state index contributed by atoms with van der Waals surface area (Å²) in [6.45, 7) is 3.13. The van der Waals surface area contributed by atoms with Crippen molar-refractivity contribution >= 4 is 47.4 Å². The number of hydrogen-bond acceptors (Lipinski definition) is 3. The van der Waals surface area contributed by atoms with Gasteiger partial charge in [-0.15, -0.1) is 0 Å². The number of alkyl halides is 3. The van der Waals surface area contributed by atoms with E-state index in [2.05, 4.69) is 0 Å². The van der Waals surface area contributed by atoms with Crippen molar-refractivity contribution in [2.45, 2.75) is 23.2 Å². The topological polar surface area (TPSA) is 43.4 Å². The normalized spacial score (nSPS) is 33.5. The Labute approximate surface area is 103 Å². The van der Waals surface area contributed by atoms with Crippen LogP contribution in [-0.4, -0.2) is 28.6 Å². The molecule has 0 aromatic rings. The van der Waals surface area contributed by atoms with E-state index in [0.717, 1.165) is 0 Å². The van der Waals surface area contributed by atoms with E-state index in [9.17, 15) is 9.59 Å². The number of ether oxygens (including phenoxy) is 1. The minimum atomic E-state index is -1.62. The molecule has 1 fully saturated rings. The van der Waals surface area contributed by atoms with E-state index in [1.54, 1.807) is 26.4 Å². The summed E-state index contributed by atoms with van der Waals surface area (Å²) in [5, 5.41) is 0. The third kappa shape index (κ3) is 2.16. The molecule has 0 spiro atoms. The maximum Gasteiger partial charge on any atom is 0.234 e. The van der Waals surface area contributed by atoms with Gasteiger partial charge in [0.2, 0.25) is 16.4 Å². The highest BCUT2D eigenvalue weighted by molar-refractivity contribution is 6.67. The van der Waals surface area contributed by atoms with Crippen molar-refractivity contribution < 1.29 is 14.3 Å². The molecule has 2 radical (unpaired) electrons. The maximum atomic E-state index is 10.8. The lowest BCUT2D eigenvalue weighted by molar-refractivity contribution is 0.0542. The highest BCUT2D eigenvalue weighted by Gasteiger charge is 2.75. The van der Waals surface area contributed by atoms with Crippen LogP contribution in [0.15, 0.2) is 0 Å². The van der Waals surface area contributed by atoms with Gasteiger partial charge in [-0.3, -0.25) is 9.59 Å². The van der Waals surface area contributed by atoms with E-state index in [1.165, 1.54) is 0 Å². The van der Waals surface area contributed by atoms with Gasteiger partial charge in [0.1, 0.15) is 0 Å². The first kappa shape index (κ1) is 13.2. The third-order valence-electron chi connectivity index (χ3n) is 2.74. The molecule has 2 atom stereocenters. The van der Waals surface area contributed by atoms with Gasteiger partial charge >= 0.3 is 0 Å². The lowest BCUT2D eigenvalue weighted by atomic mass is 10.1. The van der Waals surface area contributed by atoms with Crippen LogP contribution in [0.5, 0.6) is 0 Å². The second kappa shape index (κ2) is 3.88. The molecule has 84 valence electrons. The Morgan fingerprint density at radius 1 is 1.33 bits per heavy atom. The van der Waals surface area contributed by atoms with Gasteiger partial charge in [-0.2, -0.15) is 0 Å². The molecule has 0 amide bonds. The van der Waals surface area contributed by atoms with Crippen molar-refractivity contribution in [3.63, 3.8) is 0 Å². The number of halogens is 3. The molecular formula is C9H9Cl3O3. The predicted molar refractivity (Wildman–Crippen MR) is 57.6 cm³/mol. The van der Waals surface area contributed by atoms with Crippen LogP contribution in [0.1, 0.15) is 13.8 Å². The van der Waals surface area contributed by atoms with Crippen LogP contribution in [0.2, 0.25) is 0 Å². The molecular weight excluding hydrogens is 262 g/mol. The van der Waals surface area contributed by atoms with E-state index in [-0.39, 0.29) is 6.61 Å². The van der Waals surface area contributed by atoms with Crippen LogP contribution < -0.4 is 0 Å².